The Morgan fingerprint density at radius 2 is 2.13 bits per heavy atom. The molecule has 1 aromatic carbocycles. The summed E-state index contributed by atoms with van der Waals surface area (Å²) in [6.07, 6.45) is 1.10. The lowest BCUT2D eigenvalue weighted by atomic mass is 10.1. The first kappa shape index (κ1) is 17.3. The molecule has 0 radical (unpaired) electrons. The number of aromatic nitrogens is 2. The van der Waals surface area contributed by atoms with Gasteiger partial charge in [-0.1, -0.05) is 11.6 Å². The summed E-state index contributed by atoms with van der Waals surface area (Å²) in [5, 5.41) is 7.25. The Balaban J connectivity index is 2.01. The molecule has 0 aliphatic heterocycles. The fourth-order valence-corrected chi connectivity index (χ4v) is 2.48. The van der Waals surface area contributed by atoms with Crippen molar-refractivity contribution < 1.29 is 13.9 Å². The molecule has 0 spiro atoms. The SMILES string of the molecule is Cc1nn(C)cc1[C@H](C)NC(=O)[C@@H](C)Oc1ccc(F)cc1Cl. The van der Waals surface area contributed by atoms with E-state index in [1.165, 1.54) is 12.1 Å². The molecule has 0 saturated heterocycles. The quantitative estimate of drug-likeness (QED) is 0.910. The lowest BCUT2D eigenvalue weighted by Gasteiger charge is -2.19. The third-order valence-electron chi connectivity index (χ3n) is 3.44. The van der Waals surface area contributed by atoms with E-state index in [0.29, 0.717) is 0 Å². The van der Waals surface area contributed by atoms with Crippen molar-refractivity contribution in [2.75, 3.05) is 0 Å². The molecule has 0 fully saturated rings. The number of hydrogen-bond acceptors (Lipinski definition) is 3. The Morgan fingerprint density at radius 1 is 1.43 bits per heavy atom. The number of ether oxygens (including phenoxy) is 1. The minimum Gasteiger partial charge on any atom is -0.479 e. The molecule has 1 amide bonds. The van der Waals surface area contributed by atoms with Crippen LogP contribution < -0.4 is 10.1 Å². The zero-order valence-electron chi connectivity index (χ0n) is 13.4. The van der Waals surface area contributed by atoms with E-state index in [0.717, 1.165) is 17.3 Å². The summed E-state index contributed by atoms with van der Waals surface area (Å²) in [5.41, 5.74) is 1.79. The number of carbonyl (C=O) groups is 1. The largest absolute Gasteiger partial charge is 0.479 e. The smallest absolute Gasteiger partial charge is 0.261 e. The van der Waals surface area contributed by atoms with E-state index in [9.17, 15) is 9.18 Å². The molecule has 7 heteroatoms. The minimum atomic E-state index is -0.766. The summed E-state index contributed by atoms with van der Waals surface area (Å²) in [7, 11) is 1.83. The maximum atomic E-state index is 13.0. The van der Waals surface area contributed by atoms with E-state index in [-0.39, 0.29) is 22.7 Å². The number of halogens is 2. The van der Waals surface area contributed by atoms with Gasteiger partial charge in [-0.3, -0.25) is 9.48 Å². The molecule has 0 aliphatic carbocycles. The lowest BCUT2D eigenvalue weighted by Crippen LogP contribution is -2.37. The monoisotopic (exact) mass is 339 g/mol. The number of nitrogens with one attached hydrogen (secondary N) is 1. The first-order valence-corrected chi connectivity index (χ1v) is 7.58. The predicted octanol–water partition coefficient (Wildman–Crippen LogP) is 3.17. The summed E-state index contributed by atoms with van der Waals surface area (Å²) in [6.45, 7) is 5.37. The van der Waals surface area contributed by atoms with Crippen LogP contribution in [0.2, 0.25) is 5.02 Å². The fourth-order valence-electron chi connectivity index (χ4n) is 2.27. The van der Waals surface area contributed by atoms with Crippen LogP contribution >= 0.6 is 11.6 Å². The van der Waals surface area contributed by atoms with Gasteiger partial charge in [0.25, 0.3) is 5.91 Å². The summed E-state index contributed by atoms with van der Waals surface area (Å²) in [5.74, 6) is -0.484. The molecule has 1 aromatic heterocycles. The molecule has 1 N–H and O–H groups in total. The van der Waals surface area contributed by atoms with Crippen molar-refractivity contribution in [3.8, 4) is 5.75 Å². The normalized spacial score (nSPS) is 13.5. The van der Waals surface area contributed by atoms with Crippen molar-refractivity contribution >= 4 is 17.5 Å². The molecule has 2 rings (SSSR count). The van der Waals surface area contributed by atoms with Crippen LogP contribution in [0, 0.1) is 12.7 Å². The van der Waals surface area contributed by atoms with Gasteiger partial charge < -0.3 is 10.1 Å². The molecule has 23 heavy (non-hydrogen) atoms. The molecule has 0 unspecified atom stereocenters. The van der Waals surface area contributed by atoms with Crippen LogP contribution in [0.3, 0.4) is 0 Å². The number of hydrogen-bond donors (Lipinski definition) is 1. The Hall–Kier alpha value is -2.08. The Kier molecular flexibility index (Phi) is 5.26. The van der Waals surface area contributed by atoms with Crippen LogP contribution in [0.1, 0.15) is 31.1 Å². The molecule has 2 atom stereocenters. The highest BCUT2D eigenvalue weighted by atomic mass is 35.5. The van der Waals surface area contributed by atoms with Crippen molar-refractivity contribution in [1.82, 2.24) is 15.1 Å². The van der Waals surface area contributed by atoms with E-state index in [4.69, 9.17) is 16.3 Å². The zero-order valence-corrected chi connectivity index (χ0v) is 14.2. The number of amides is 1. The maximum absolute atomic E-state index is 13.0. The third kappa shape index (κ3) is 4.22. The highest BCUT2D eigenvalue weighted by molar-refractivity contribution is 6.32. The summed E-state index contributed by atoms with van der Waals surface area (Å²) < 4.78 is 20.2. The second-order valence-corrected chi connectivity index (χ2v) is 5.82. The van der Waals surface area contributed by atoms with Gasteiger partial charge in [-0.15, -0.1) is 0 Å². The van der Waals surface area contributed by atoms with Crippen LogP contribution in [0.5, 0.6) is 5.75 Å². The number of benzene rings is 1. The number of aryl methyl sites for hydroxylation is 2. The second kappa shape index (κ2) is 7.00. The van der Waals surface area contributed by atoms with E-state index in [2.05, 4.69) is 10.4 Å². The molecule has 2 aromatic rings. The third-order valence-corrected chi connectivity index (χ3v) is 3.74. The number of carbonyl (C=O) groups excluding carboxylic acids is 1. The van der Waals surface area contributed by atoms with E-state index in [1.807, 2.05) is 27.1 Å². The Morgan fingerprint density at radius 3 is 2.70 bits per heavy atom. The van der Waals surface area contributed by atoms with Gasteiger partial charge in [0.2, 0.25) is 0 Å². The highest BCUT2D eigenvalue weighted by Crippen LogP contribution is 2.26. The second-order valence-electron chi connectivity index (χ2n) is 5.41. The van der Waals surface area contributed by atoms with Crippen molar-refractivity contribution in [2.24, 2.45) is 7.05 Å². The number of nitrogens with zero attached hydrogens (tertiary/aromatic N) is 2. The average Bonchev–Trinajstić information content (AvgIpc) is 2.80. The van der Waals surface area contributed by atoms with Crippen LogP contribution in [-0.2, 0) is 11.8 Å². The standard InChI is InChI=1S/C16H19ClFN3O2/c1-9(13-8-21(4)20-10(13)2)19-16(22)11(3)23-15-6-5-12(18)7-14(15)17/h5-9,11H,1-4H3,(H,19,22)/t9-,11+/m0/s1. The van der Waals surface area contributed by atoms with Crippen molar-refractivity contribution in [2.45, 2.75) is 32.9 Å². The molecule has 1 heterocycles. The number of rotatable bonds is 5. The van der Waals surface area contributed by atoms with Gasteiger partial charge in [-0.25, -0.2) is 4.39 Å². The van der Waals surface area contributed by atoms with Gasteiger partial charge in [0.05, 0.1) is 16.8 Å². The van der Waals surface area contributed by atoms with E-state index in [1.54, 1.807) is 11.6 Å². The zero-order chi connectivity index (χ0) is 17.1. The van der Waals surface area contributed by atoms with Crippen LogP contribution in [0.25, 0.3) is 0 Å². The van der Waals surface area contributed by atoms with Gasteiger partial charge in [0.15, 0.2) is 6.10 Å². The molecular formula is C16H19ClFN3O2. The highest BCUT2D eigenvalue weighted by Gasteiger charge is 2.20. The van der Waals surface area contributed by atoms with Crippen molar-refractivity contribution in [1.29, 1.82) is 0 Å². The van der Waals surface area contributed by atoms with Gasteiger partial charge in [0.1, 0.15) is 11.6 Å². The summed E-state index contributed by atoms with van der Waals surface area (Å²) in [4.78, 5) is 12.2. The molecule has 124 valence electrons. The molecule has 0 bridgehead atoms. The predicted molar refractivity (Wildman–Crippen MR) is 86.0 cm³/mol. The minimum absolute atomic E-state index is 0.126. The van der Waals surface area contributed by atoms with Crippen molar-refractivity contribution in [3.05, 3.63) is 46.5 Å². The maximum Gasteiger partial charge on any atom is 0.261 e. The van der Waals surface area contributed by atoms with Gasteiger partial charge >= 0.3 is 0 Å². The Labute approximate surface area is 139 Å². The summed E-state index contributed by atoms with van der Waals surface area (Å²) >= 11 is 5.90. The van der Waals surface area contributed by atoms with Gasteiger partial charge in [0, 0.05) is 18.8 Å². The molecule has 0 aliphatic rings. The fraction of sp³-hybridized carbons (Fsp3) is 0.375. The molecule has 0 saturated carbocycles. The average molecular weight is 340 g/mol. The topological polar surface area (TPSA) is 56.2 Å². The first-order chi connectivity index (χ1) is 10.8. The van der Waals surface area contributed by atoms with Crippen LogP contribution in [0.4, 0.5) is 4.39 Å². The lowest BCUT2D eigenvalue weighted by molar-refractivity contribution is -0.127. The van der Waals surface area contributed by atoms with Crippen LogP contribution in [-0.4, -0.2) is 21.8 Å². The molecular weight excluding hydrogens is 321 g/mol. The van der Waals surface area contributed by atoms with E-state index >= 15 is 0 Å². The van der Waals surface area contributed by atoms with Crippen LogP contribution in [0.15, 0.2) is 24.4 Å². The first-order valence-electron chi connectivity index (χ1n) is 7.20. The van der Waals surface area contributed by atoms with Crippen molar-refractivity contribution in [3.63, 3.8) is 0 Å². The van der Waals surface area contributed by atoms with E-state index < -0.39 is 11.9 Å². The van der Waals surface area contributed by atoms with Gasteiger partial charge in [-0.05, 0) is 39.0 Å². The molecule has 5 nitrogen and oxygen atoms in total. The Bertz CT molecular complexity index is 717. The van der Waals surface area contributed by atoms with Gasteiger partial charge in [-0.2, -0.15) is 5.10 Å². The summed E-state index contributed by atoms with van der Waals surface area (Å²) in [6, 6.07) is 3.57.